The fraction of sp³-hybridized carbons (Fsp3) is 0.517. The largest absolute Gasteiger partial charge is 0.487 e. The third-order valence-electron chi connectivity index (χ3n) is 7.52. The molecule has 1 amide bonds. The van der Waals surface area contributed by atoms with E-state index in [4.69, 9.17) is 4.74 Å². The molecule has 1 saturated carbocycles. The smallest absolute Gasteiger partial charge is 0.247 e. The highest BCUT2D eigenvalue weighted by atomic mass is 32.2. The number of amides is 1. The first kappa shape index (κ1) is 29.0. The molecule has 0 unspecified atom stereocenters. The van der Waals surface area contributed by atoms with Gasteiger partial charge in [0, 0.05) is 43.5 Å². The van der Waals surface area contributed by atoms with Crippen LogP contribution >= 0.6 is 0 Å². The van der Waals surface area contributed by atoms with Crippen LogP contribution in [0.1, 0.15) is 50.7 Å². The van der Waals surface area contributed by atoms with Gasteiger partial charge in [0.25, 0.3) is 0 Å². The molecule has 39 heavy (non-hydrogen) atoms. The summed E-state index contributed by atoms with van der Waals surface area (Å²) >= 11 is 0. The van der Waals surface area contributed by atoms with Gasteiger partial charge in [0.05, 0.1) is 19.6 Å². The monoisotopic (exact) mass is 555 g/mol. The minimum atomic E-state index is -3.99. The Bertz CT molecular complexity index is 1330. The summed E-state index contributed by atoms with van der Waals surface area (Å²) in [5, 5.41) is 20.5. The third kappa shape index (κ3) is 6.79. The highest BCUT2D eigenvalue weighted by Gasteiger charge is 2.38. The number of nitrogens with zero attached hydrogens (tertiary/aromatic N) is 3. The molecule has 2 N–H and O–H groups in total. The number of ether oxygens (including phenoxy) is 1. The van der Waals surface area contributed by atoms with Crippen molar-refractivity contribution in [1.29, 1.82) is 0 Å². The molecule has 0 bridgehead atoms. The summed E-state index contributed by atoms with van der Waals surface area (Å²) < 4.78 is 35.0. The standard InChI is InChI=1S/C29H37N3O6S/c1-21-18-32(22(2)20-33)39(36,37)27-7-6-23(8-13-29(35)11-4-5-12-29)16-25(27)38-26(21)19-31(3)28(34)17-24-9-14-30-15-10-24/h6-7,9-10,14-16,21-22,26,33,35H,4-5,11-12,17-20H2,1-3H3/t21-,22+,26-/m0/s1. The number of aliphatic hydroxyl groups is 2. The maximum atomic E-state index is 13.7. The second kappa shape index (κ2) is 12.0. The highest BCUT2D eigenvalue weighted by molar-refractivity contribution is 7.89. The lowest BCUT2D eigenvalue weighted by atomic mass is 10.0. The van der Waals surface area contributed by atoms with E-state index in [1.54, 1.807) is 55.5 Å². The highest BCUT2D eigenvalue weighted by Crippen LogP contribution is 2.34. The molecule has 1 aromatic heterocycles. The lowest BCUT2D eigenvalue weighted by molar-refractivity contribution is -0.130. The van der Waals surface area contributed by atoms with Gasteiger partial charge in [0.1, 0.15) is 22.4 Å². The summed E-state index contributed by atoms with van der Waals surface area (Å²) in [6, 6.07) is 7.60. The number of hydrogen-bond donors (Lipinski definition) is 2. The predicted octanol–water partition coefficient (Wildman–Crippen LogP) is 2.21. The van der Waals surface area contributed by atoms with Crippen LogP contribution in [0.5, 0.6) is 5.75 Å². The summed E-state index contributed by atoms with van der Waals surface area (Å²) in [6.07, 6.45) is 6.03. The van der Waals surface area contributed by atoms with Crippen LogP contribution in [0.15, 0.2) is 47.6 Å². The molecular formula is C29H37N3O6S. The van der Waals surface area contributed by atoms with Crippen LogP contribution in [0.4, 0.5) is 0 Å². The van der Waals surface area contributed by atoms with Crippen LogP contribution in [0.2, 0.25) is 0 Å². The minimum Gasteiger partial charge on any atom is -0.487 e. The Labute approximate surface area is 230 Å². The van der Waals surface area contributed by atoms with Crippen LogP contribution in [-0.4, -0.2) is 83.2 Å². The number of hydrogen-bond acceptors (Lipinski definition) is 7. The second-order valence-corrected chi connectivity index (χ2v) is 12.6. The van der Waals surface area contributed by atoms with E-state index in [1.165, 1.54) is 10.4 Å². The van der Waals surface area contributed by atoms with E-state index in [0.29, 0.717) is 18.4 Å². The number of carbonyl (C=O) groups excluding carboxylic acids is 1. The molecule has 4 rings (SSSR count). The van der Waals surface area contributed by atoms with Gasteiger partial charge in [-0.25, -0.2) is 8.42 Å². The quantitative estimate of drug-likeness (QED) is 0.525. The molecule has 1 aliphatic carbocycles. The minimum absolute atomic E-state index is 0.0180. The number of aromatic nitrogens is 1. The number of rotatable bonds is 6. The van der Waals surface area contributed by atoms with Crippen LogP contribution in [0.25, 0.3) is 0 Å². The van der Waals surface area contributed by atoms with Crippen molar-refractivity contribution in [3.63, 3.8) is 0 Å². The van der Waals surface area contributed by atoms with Gasteiger partial charge in [0.2, 0.25) is 15.9 Å². The molecule has 0 spiro atoms. The van der Waals surface area contributed by atoms with Crippen molar-refractivity contribution in [2.45, 2.75) is 68.6 Å². The van der Waals surface area contributed by atoms with Gasteiger partial charge in [-0.15, -0.1) is 0 Å². The molecule has 1 aliphatic heterocycles. The van der Waals surface area contributed by atoms with E-state index in [1.807, 2.05) is 6.92 Å². The molecule has 9 nitrogen and oxygen atoms in total. The molecule has 1 aromatic carbocycles. The van der Waals surface area contributed by atoms with Gasteiger partial charge in [-0.3, -0.25) is 9.78 Å². The lowest BCUT2D eigenvalue weighted by Crippen LogP contribution is -2.50. The van der Waals surface area contributed by atoms with E-state index in [-0.39, 0.29) is 48.6 Å². The van der Waals surface area contributed by atoms with Gasteiger partial charge < -0.3 is 19.8 Å². The summed E-state index contributed by atoms with van der Waals surface area (Å²) in [4.78, 5) is 18.5. The normalized spacial score (nSPS) is 22.8. The van der Waals surface area contributed by atoms with Crippen LogP contribution < -0.4 is 4.74 Å². The SMILES string of the molecule is C[C@H](CO)N1C[C@H](C)[C@H](CN(C)C(=O)Cc2ccncc2)Oc2cc(C#CC3(O)CCCC3)ccc2S1(=O)=O. The van der Waals surface area contributed by atoms with Gasteiger partial charge >= 0.3 is 0 Å². The zero-order valence-corrected chi connectivity index (χ0v) is 23.5. The van der Waals surface area contributed by atoms with E-state index >= 15 is 0 Å². The first-order valence-electron chi connectivity index (χ1n) is 13.3. The fourth-order valence-electron chi connectivity index (χ4n) is 4.98. The van der Waals surface area contributed by atoms with Crippen LogP contribution in [0, 0.1) is 17.8 Å². The topological polar surface area (TPSA) is 120 Å². The molecule has 2 heterocycles. The predicted molar refractivity (Wildman–Crippen MR) is 146 cm³/mol. The van der Waals surface area contributed by atoms with E-state index < -0.39 is 27.8 Å². The fourth-order valence-corrected chi connectivity index (χ4v) is 6.80. The average molecular weight is 556 g/mol. The Balaban J connectivity index is 1.66. The first-order chi connectivity index (χ1) is 18.5. The van der Waals surface area contributed by atoms with Gasteiger partial charge in [-0.1, -0.05) is 18.8 Å². The summed E-state index contributed by atoms with van der Waals surface area (Å²) in [6.45, 7) is 3.56. The molecule has 0 radical (unpaired) electrons. The average Bonchev–Trinajstić information content (AvgIpc) is 3.36. The zero-order chi connectivity index (χ0) is 28.2. The van der Waals surface area contributed by atoms with E-state index in [9.17, 15) is 23.4 Å². The summed E-state index contributed by atoms with van der Waals surface area (Å²) in [7, 11) is -2.29. The number of pyridine rings is 1. The number of likely N-dealkylation sites (N-methyl/N-ethyl adjacent to an activating group) is 1. The Morgan fingerprint density at radius 3 is 2.62 bits per heavy atom. The third-order valence-corrected chi connectivity index (χ3v) is 9.54. The van der Waals surface area contributed by atoms with Crippen LogP contribution in [0.3, 0.4) is 0 Å². The molecule has 210 valence electrons. The van der Waals surface area contributed by atoms with Crippen LogP contribution in [-0.2, 0) is 21.2 Å². The van der Waals surface area contributed by atoms with E-state index in [2.05, 4.69) is 16.8 Å². The van der Waals surface area contributed by atoms with Crippen molar-refractivity contribution >= 4 is 15.9 Å². The molecule has 1 fully saturated rings. The van der Waals surface area contributed by atoms with Crippen molar-refractivity contribution in [1.82, 2.24) is 14.2 Å². The van der Waals surface area contributed by atoms with Crippen molar-refractivity contribution < 1.29 is 28.2 Å². The Hall–Kier alpha value is -2.97. The zero-order valence-electron chi connectivity index (χ0n) is 22.7. The van der Waals surface area contributed by atoms with Gasteiger partial charge in [0.15, 0.2) is 0 Å². The molecule has 2 aliphatic rings. The number of sulfonamides is 1. The second-order valence-electron chi connectivity index (χ2n) is 10.7. The number of aliphatic hydroxyl groups excluding tert-OH is 1. The summed E-state index contributed by atoms with van der Waals surface area (Å²) in [5.41, 5.74) is 0.347. The molecule has 3 atom stereocenters. The van der Waals surface area contributed by atoms with Crippen molar-refractivity contribution in [3.05, 3.63) is 53.9 Å². The van der Waals surface area contributed by atoms with Crippen molar-refractivity contribution in [2.24, 2.45) is 5.92 Å². The molecule has 10 heteroatoms. The van der Waals surface area contributed by atoms with Crippen molar-refractivity contribution in [3.8, 4) is 17.6 Å². The lowest BCUT2D eigenvalue weighted by Gasteiger charge is -2.37. The Kier molecular flexibility index (Phi) is 8.96. The van der Waals surface area contributed by atoms with E-state index in [0.717, 1.165) is 18.4 Å². The molecular weight excluding hydrogens is 518 g/mol. The number of carbonyl (C=O) groups is 1. The molecule has 2 aromatic rings. The first-order valence-corrected chi connectivity index (χ1v) is 14.8. The summed E-state index contributed by atoms with van der Waals surface area (Å²) in [5.74, 6) is 5.70. The van der Waals surface area contributed by atoms with Gasteiger partial charge in [-0.05, 0) is 68.5 Å². The number of fused-ring (bicyclic) bond motifs is 1. The van der Waals surface area contributed by atoms with Gasteiger partial charge in [-0.2, -0.15) is 4.31 Å². The van der Waals surface area contributed by atoms with Crippen molar-refractivity contribution in [2.75, 3.05) is 26.7 Å². The number of benzene rings is 1. The maximum absolute atomic E-state index is 13.7. The molecule has 0 saturated heterocycles. The maximum Gasteiger partial charge on any atom is 0.247 e. The Morgan fingerprint density at radius 1 is 1.26 bits per heavy atom. The Morgan fingerprint density at radius 2 is 1.95 bits per heavy atom.